The van der Waals surface area contributed by atoms with E-state index < -0.39 is 23.5 Å². The second-order valence-electron chi connectivity index (χ2n) is 5.71. The lowest BCUT2D eigenvalue weighted by atomic mass is 9.81. The third kappa shape index (κ3) is 3.06. The smallest absolute Gasteiger partial charge is 0.262 e. The highest BCUT2D eigenvalue weighted by molar-refractivity contribution is 9.10. The Morgan fingerprint density at radius 1 is 1.46 bits per heavy atom. The van der Waals surface area contributed by atoms with E-state index in [1.165, 1.54) is 30.5 Å². The molecule has 1 aromatic carbocycles. The average Bonchev–Trinajstić information content (AvgIpc) is 2.57. The lowest BCUT2D eigenvalue weighted by Crippen LogP contribution is -2.44. The summed E-state index contributed by atoms with van der Waals surface area (Å²) in [7, 11) is 0. The molecule has 2 unspecified atom stereocenters. The van der Waals surface area contributed by atoms with Crippen LogP contribution in [-0.4, -0.2) is 16.0 Å². The Bertz CT molecular complexity index is 787. The minimum absolute atomic E-state index is 0.0672. The van der Waals surface area contributed by atoms with Crippen molar-refractivity contribution in [1.29, 1.82) is 0 Å². The maximum atomic E-state index is 15.3. The number of alkyl halides is 1. The lowest BCUT2D eigenvalue weighted by molar-refractivity contribution is -0.135. The van der Waals surface area contributed by atoms with Crippen LogP contribution >= 0.6 is 15.9 Å². The summed E-state index contributed by atoms with van der Waals surface area (Å²) in [5, 5.41) is 12.4. The number of aliphatic hydroxyl groups excluding tert-OH is 1. The van der Waals surface area contributed by atoms with Gasteiger partial charge in [-0.15, -0.1) is 0 Å². The van der Waals surface area contributed by atoms with E-state index in [2.05, 4.69) is 26.2 Å². The summed E-state index contributed by atoms with van der Waals surface area (Å²) >= 11 is 3.15. The van der Waals surface area contributed by atoms with Crippen LogP contribution in [0, 0.1) is 5.82 Å². The molecule has 2 aromatic rings. The Morgan fingerprint density at radius 3 is 3.00 bits per heavy atom. The van der Waals surface area contributed by atoms with Crippen LogP contribution in [-0.2, 0) is 17.0 Å². The van der Waals surface area contributed by atoms with E-state index in [0.717, 1.165) is 0 Å². The first-order valence-electron chi connectivity index (χ1n) is 7.46. The predicted molar refractivity (Wildman–Crippen MR) is 87.2 cm³/mol. The number of fused-ring (bicyclic) bond motifs is 1. The largest absolute Gasteiger partial charge is 0.387 e. The van der Waals surface area contributed by atoms with Gasteiger partial charge in [0.15, 0.2) is 0 Å². The van der Waals surface area contributed by atoms with Crippen LogP contribution in [0.4, 0.5) is 8.78 Å². The number of rotatable bonds is 3. The molecule has 0 saturated heterocycles. The molecule has 3 rings (SSSR count). The average molecular weight is 397 g/mol. The Labute approximate surface area is 146 Å². The zero-order valence-electron chi connectivity index (χ0n) is 12.6. The summed E-state index contributed by atoms with van der Waals surface area (Å²) < 4.78 is 29.7. The molecule has 1 heterocycles. The fraction of sp³-hybridized carbons (Fsp3) is 0.294. The van der Waals surface area contributed by atoms with Crippen molar-refractivity contribution in [2.24, 2.45) is 0 Å². The van der Waals surface area contributed by atoms with Gasteiger partial charge in [0, 0.05) is 28.3 Å². The van der Waals surface area contributed by atoms with E-state index >= 15 is 4.39 Å². The molecule has 0 bridgehead atoms. The Balaban J connectivity index is 1.81. The molecule has 0 saturated carbocycles. The van der Waals surface area contributed by atoms with Crippen molar-refractivity contribution in [2.45, 2.75) is 31.2 Å². The number of carbonyl (C=O) groups is 1. The van der Waals surface area contributed by atoms with Gasteiger partial charge in [0.1, 0.15) is 5.82 Å². The predicted octanol–water partition coefficient (Wildman–Crippen LogP) is 3.29. The minimum Gasteiger partial charge on any atom is -0.387 e. The second kappa shape index (κ2) is 6.57. The van der Waals surface area contributed by atoms with E-state index in [0.29, 0.717) is 4.47 Å². The second-order valence-corrected chi connectivity index (χ2v) is 6.63. The monoisotopic (exact) mass is 396 g/mol. The number of aromatic nitrogens is 1. The molecule has 0 aliphatic heterocycles. The molecule has 0 spiro atoms. The SMILES string of the molecule is O=C(NCc1ccc(Br)cc1F)C1(F)CCC(O)c2ncccc21. The van der Waals surface area contributed by atoms with Crippen LogP contribution < -0.4 is 5.32 Å². The van der Waals surface area contributed by atoms with Crippen LogP contribution in [0.5, 0.6) is 0 Å². The third-order valence-electron chi connectivity index (χ3n) is 4.16. The number of aliphatic hydroxyl groups is 1. The van der Waals surface area contributed by atoms with Crippen molar-refractivity contribution >= 4 is 21.8 Å². The summed E-state index contributed by atoms with van der Waals surface area (Å²) in [4.78, 5) is 16.4. The van der Waals surface area contributed by atoms with Crippen molar-refractivity contribution in [3.05, 3.63) is 63.6 Å². The number of amides is 1. The molecule has 1 aromatic heterocycles. The Morgan fingerprint density at radius 2 is 2.25 bits per heavy atom. The van der Waals surface area contributed by atoms with Crippen molar-refractivity contribution in [3.63, 3.8) is 0 Å². The molecule has 2 N–H and O–H groups in total. The van der Waals surface area contributed by atoms with Gasteiger partial charge in [-0.3, -0.25) is 9.78 Å². The molecule has 1 amide bonds. The number of hydrogen-bond acceptors (Lipinski definition) is 3. The molecular weight excluding hydrogens is 382 g/mol. The first-order valence-corrected chi connectivity index (χ1v) is 8.26. The van der Waals surface area contributed by atoms with Gasteiger partial charge in [-0.25, -0.2) is 8.78 Å². The maximum absolute atomic E-state index is 15.3. The molecule has 1 aliphatic carbocycles. The molecule has 4 nitrogen and oxygen atoms in total. The van der Waals surface area contributed by atoms with Gasteiger partial charge in [-0.1, -0.05) is 28.1 Å². The molecule has 126 valence electrons. The van der Waals surface area contributed by atoms with Crippen molar-refractivity contribution in [3.8, 4) is 0 Å². The summed E-state index contributed by atoms with van der Waals surface area (Å²) in [6, 6.07) is 7.41. The van der Waals surface area contributed by atoms with E-state index in [1.807, 2.05) is 0 Å². The number of benzene rings is 1. The number of pyridine rings is 1. The van der Waals surface area contributed by atoms with Crippen LogP contribution in [0.15, 0.2) is 41.0 Å². The topological polar surface area (TPSA) is 62.2 Å². The minimum atomic E-state index is -2.28. The molecule has 0 fully saturated rings. The maximum Gasteiger partial charge on any atom is 0.262 e. The zero-order valence-corrected chi connectivity index (χ0v) is 14.2. The number of carbonyl (C=O) groups excluding carboxylic acids is 1. The summed E-state index contributed by atoms with van der Waals surface area (Å²) in [5.74, 6) is -1.34. The van der Waals surface area contributed by atoms with Crippen molar-refractivity contribution in [2.75, 3.05) is 0 Å². The van der Waals surface area contributed by atoms with Crippen LogP contribution in [0.25, 0.3) is 0 Å². The number of hydrogen-bond donors (Lipinski definition) is 2. The van der Waals surface area contributed by atoms with E-state index in [9.17, 15) is 14.3 Å². The van der Waals surface area contributed by atoms with Crippen molar-refractivity contribution < 1.29 is 18.7 Å². The normalized spacial score (nSPS) is 22.8. The van der Waals surface area contributed by atoms with Crippen LogP contribution in [0.1, 0.15) is 35.8 Å². The third-order valence-corrected chi connectivity index (χ3v) is 4.65. The Hall–Kier alpha value is -1.86. The molecule has 0 radical (unpaired) electrons. The van der Waals surface area contributed by atoms with E-state index in [-0.39, 0.29) is 36.2 Å². The first kappa shape index (κ1) is 17.0. The van der Waals surface area contributed by atoms with Gasteiger partial charge in [-0.05, 0) is 31.0 Å². The lowest BCUT2D eigenvalue weighted by Gasteiger charge is -2.32. The van der Waals surface area contributed by atoms with Gasteiger partial charge in [0.2, 0.25) is 5.67 Å². The Kier molecular flexibility index (Phi) is 4.64. The highest BCUT2D eigenvalue weighted by atomic mass is 79.9. The van der Waals surface area contributed by atoms with Gasteiger partial charge in [-0.2, -0.15) is 0 Å². The van der Waals surface area contributed by atoms with Gasteiger partial charge in [0.05, 0.1) is 11.8 Å². The fourth-order valence-corrected chi connectivity index (χ4v) is 3.17. The molecule has 7 heteroatoms. The van der Waals surface area contributed by atoms with E-state index in [4.69, 9.17) is 0 Å². The summed E-state index contributed by atoms with van der Waals surface area (Å²) in [6.07, 6.45) is 0.507. The van der Waals surface area contributed by atoms with Crippen LogP contribution in [0.2, 0.25) is 0 Å². The highest BCUT2D eigenvalue weighted by Crippen LogP contribution is 2.42. The molecular formula is C17H15BrF2N2O2. The number of nitrogens with zero attached hydrogens (tertiary/aromatic N) is 1. The molecule has 1 aliphatic rings. The molecule has 2 atom stereocenters. The summed E-state index contributed by atoms with van der Waals surface area (Å²) in [6.45, 7) is -0.123. The zero-order chi connectivity index (χ0) is 17.3. The standard InChI is InChI=1S/C17H15BrF2N2O2/c18-11-4-3-10(13(19)8-11)9-22-16(24)17(20)6-5-14(23)15-12(17)2-1-7-21-15/h1-4,7-8,14,23H,5-6,9H2,(H,22,24). The van der Waals surface area contributed by atoms with Gasteiger partial charge >= 0.3 is 0 Å². The van der Waals surface area contributed by atoms with Gasteiger partial charge < -0.3 is 10.4 Å². The van der Waals surface area contributed by atoms with Crippen molar-refractivity contribution in [1.82, 2.24) is 10.3 Å². The quantitative estimate of drug-likeness (QED) is 0.836. The number of halogens is 3. The van der Waals surface area contributed by atoms with Gasteiger partial charge in [0.25, 0.3) is 5.91 Å². The highest BCUT2D eigenvalue weighted by Gasteiger charge is 2.46. The van der Waals surface area contributed by atoms with E-state index in [1.54, 1.807) is 6.07 Å². The first-order chi connectivity index (χ1) is 11.4. The van der Waals surface area contributed by atoms with Crippen LogP contribution in [0.3, 0.4) is 0 Å². The number of nitrogens with one attached hydrogen (secondary N) is 1. The molecule has 24 heavy (non-hydrogen) atoms. The fourth-order valence-electron chi connectivity index (χ4n) is 2.84. The summed E-state index contributed by atoms with van der Waals surface area (Å²) in [5.41, 5.74) is -1.78.